The Hall–Kier alpha value is -1.29. The molecule has 0 amide bonds. The minimum Gasteiger partial charge on any atom is -0.463 e. The van der Waals surface area contributed by atoms with Gasteiger partial charge in [-0.2, -0.15) is 0 Å². The first-order valence-corrected chi connectivity index (χ1v) is 7.10. The van der Waals surface area contributed by atoms with Gasteiger partial charge >= 0.3 is 5.97 Å². The normalized spacial score (nSPS) is 12.4. The smallest absolute Gasteiger partial charge is 0.374 e. The van der Waals surface area contributed by atoms with E-state index >= 15 is 0 Å². The first kappa shape index (κ1) is 15.8. The van der Waals surface area contributed by atoms with Crippen molar-refractivity contribution in [1.82, 2.24) is 5.32 Å². The fourth-order valence-corrected chi connectivity index (χ4v) is 2.15. The molecule has 0 bridgehead atoms. The summed E-state index contributed by atoms with van der Waals surface area (Å²) in [6, 6.07) is 2.33. The van der Waals surface area contributed by atoms with Crippen LogP contribution in [0.4, 0.5) is 0 Å². The van der Waals surface area contributed by atoms with Crippen LogP contribution in [0.25, 0.3) is 0 Å². The SMILES string of the molecule is CCCCC(CCC)NCc1ccoc1C(=O)OC. The minimum atomic E-state index is -0.414. The Bertz CT molecular complexity index is 373. The lowest BCUT2D eigenvalue weighted by molar-refractivity contribution is 0.0563. The average molecular weight is 267 g/mol. The number of hydrogen-bond donors (Lipinski definition) is 1. The van der Waals surface area contributed by atoms with Gasteiger partial charge in [0.05, 0.1) is 13.4 Å². The van der Waals surface area contributed by atoms with E-state index in [0.717, 1.165) is 18.4 Å². The van der Waals surface area contributed by atoms with Crippen LogP contribution < -0.4 is 5.32 Å². The molecule has 0 aromatic carbocycles. The third-order valence-electron chi connectivity index (χ3n) is 3.24. The predicted molar refractivity (Wildman–Crippen MR) is 75.1 cm³/mol. The van der Waals surface area contributed by atoms with Crippen molar-refractivity contribution >= 4 is 5.97 Å². The summed E-state index contributed by atoms with van der Waals surface area (Å²) in [5, 5.41) is 3.51. The summed E-state index contributed by atoms with van der Waals surface area (Å²) >= 11 is 0. The molecule has 0 saturated heterocycles. The highest BCUT2D eigenvalue weighted by atomic mass is 16.5. The lowest BCUT2D eigenvalue weighted by Gasteiger charge is -2.17. The van der Waals surface area contributed by atoms with E-state index in [1.54, 1.807) is 0 Å². The van der Waals surface area contributed by atoms with Crippen molar-refractivity contribution in [3.63, 3.8) is 0 Å². The van der Waals surface area contributed by atoms with Crippen LogP contribution in [0, 0.1) is 0 Å². The highest BCUT2D eigenvalue weighted by Crippen LogP contribution is 2.13. The van der Waals surface area contributed by atoms with Gasteiger partial charge in [0.25, 0.3) is 0 Å². The summed E-state index contributed by atoms with van der Waals surface area (Å²) in [4.78, 5) is 11.5. The molecule has 0 aliphatic carbocycles. The molecule has 1 rings (SSSR count). The van der Waals surface area contributed by atoms with Crippen LogP contribution in [-0.4, -0.2) is 19.1 Å². The van der Waals surface area contributed by atoms with E-state index in [1.165, 1.54) is 32.6 Å². The molecule has 0 radical (unpaired) electrons. The summed E-state index contributed by atoms with van der Waals surface area (Å²) in [7, 11) is 1.36. The molecule has 1 unspecified atom stereocenters. The van der Waals surface area contributed by atoms with Gasteiger partial charge in [0.15, 0.2) is 0 Å². The zero-order valence-corrected chi connectivity index (χ0v) is 12.2. The molecule has 0 aliphatic rings. The summed E-state index contributed by atoms with van der Waals surface area (Å²) < 4.78 is 9.87. The third kappa shape index (κ3) is 5.07. The van der Waals surface area contributed by atoms with E-state index < -0.39 is 5.97 Å². The van der Waals surface area contributed by atoms with Crippen LogP contribution in [-0.2, 0) is 11.3 Å². The van der Waals surface area contributed by atoms with Gasteiger partial charge in [-0.3, -0.25) is 0 Å². The van der Waals surface area contributed by atoms with E-state index in [1.807, 2.05) is 6.07 Å². The highest BCUT2D eigenvalue weighted by molar-refractivity contribution is 5.87. The Morgan fingerprint density at radius 1 is 1.37 bits per heavy atom. The van der Waals surface area contributed by atoms with Gasteiger partial charge in [-0.15, -0.1) is 0 Å². The maximum absolute atomic E-state index is 11.5. The zero-order valence-electron chi connectivity index (χ0n) is 12.2. The fraction of sp³-hybridized carbons (Fsp3) is 0.667. The maximum atomic E-state index is 11.5. The number of rotatable bonds is 9. The van der Waals surface area contributed by atoms with Gasteiger partial charge in [0.2, 0.25) is 5.76 Å². The summed E-state index contributed by atoms with van der Waals surface area (Å²) in [5.41, 5.74) is 0.865. The van der Waals surface area contributed by atoms with E-state index in [-0.39, 0.29) is 0 Å². The lowest BCUT2D eigenvalue weighted by atomic mass is 10.0. The molecule has 1 aromatic heterocycles. The molecule has 1 heterocycles. The second-order valence-corrected chi connectivity index (χ2v) is 4.78. The predicted octanol–water partition coefficient (Wildman–Crippen LogP) is 3.51. The van der Waals surface area contributed by atoms with Crippen LogP contribution >= 0.6 is 0 Å². The summed E-state index contributed by atoms with van der Waals surface area (Å²) in [6.45, 7) is 5.04. The molecule has 4 nitrogen and oxygen atoms in total. The number of unbranched alkanes of at least 4 members (excludes halogenated alkanes) is 1. The van der Waals surface area contributed by atoms with Crippen LogP contribution in [0.1, 0.15) is 62.1 Å². The van der Waals surface area contributed by atoms with Crippen LogP contribution in [0.5, 0.6) is 0 Å². The Kier molecular flexibility index (Phi) is 7.26. The first-order valence-electron chi connectivity index (χ1n) is 7.10. The number of hydrogen-bond acceptors (Lipinski definition) is 4. The second kappa shape index (κ2) is 8.75. The minimum absolute atomic E-state index is 0.306. The van der Waals surface area contributed by atoms with Crippen LogP contribution in [0.2, 0.25) is 0 Å². The van der Waals surface area contributed by atoms with E-state index in [4.69, 9.17) is 9.15 Å². The van der Waals surface area contributed by atoms with Crippen LogP contribution in [0.3, 0.4) is 0 Å². The Labute approximate surface area is 115 Å². The van der Waals surface area contributed by atoms with Gasteiger partial charge in [-0.25, -0.2) is 4.79 Å². The molecule has 0 fully saturated rings. The summed E-state index contributed by atoms with van der Waals surface area (Å²) in [6.07, 6.45) is 7.47. The van der Waals surface area contributed by atoms with Gasteiger partial charge in [-0.1, -0.05) is 33.1 Å². The number of ether oxygens (including phenoxy) is 1. The molecule has 0 saturated carbocycles. The Morgan fingerprint density at radius 3 is 2.79 bits per heavy atom. The molecule has 4 heteroatoms. The van der Waals surface area contributed by atoms with Crippen molar-refractivity contribution in [3.05, 3.63) is 23.7 Å². The van der Waals surface area contributed by atoms with Gasteiger partial charge < -0.3 is 14.5 Å². The molecular formula is C15H25NO3. The van der Waals surface area contributed by atoms with Crippen molar-refractivity contribution < 1.29 is 13.9 Å². The largest absolute Gasteiger partial charge is 0.463 e. The number of carbonyl (C=O) groups is 1. The molecular weight excluding hydrogens is 242 g/mol. The summed E-state index contributed by atoms with van der Waals surface area (Å²) in [5.74, 6) is -0.108. The van der Waals surface area contributed by atoms with E-state index in [0.29, 0.717) is 18.3 Å². The lowest BCUT2D eigenvalue weighted by Crippen LogP contribution is -2.28. The molecule has 0 aliphatic heterocycles. The van der Waals surface area contributed by atoms with Crippen LogP contribution in [0.15, 0.2) is 16.7 Å². The van der Waals surface area contributed by atoms with Crippen molar-refractivity contribution in [3.8, 4) is 0 Å². The zero-order chi connectivity index (χ0) is 14.1. The molecule has 19 heavy (non-hydrogen) atoms. The second-order valence-electron chi connectivity index (χ2n) is 4.78. The number of furan rings is 1. The topological polar surface area (TPSA) is 51.5 Å². The average Bonchev–Trinajstić information content (AvgIpc) is 2.89. The van der Waals surface area contributed by atoms with Crippen molar-refractivity contribution in [2.45, 2.75) is 58.5 Å². The Balaban J connectivity index is 2.53. The number of nitrogens with one attached hydrogen (secondary N) is 1. The van der Waals surface area contributed by atoms with E-state index in [9.17, 15) is 4.79 Å². The maximum Gasteiger partial charge on any atom is 0.374 e. The monoisotopic (exact) mass is 267 g/mol. The molecule has 0 spiro atoms. The standard InChI is InChI=1S/C15H25NO3/c1-4-6-8-13(7-5-2)16-11-12-9-10-19-14(12)15(17)18-3/h9-10,13,16H,4-8,11H2,1-3H3. The third-order valence-corrected chi connectivity index (χ3v) is 3.24. The first-order chi connectivity index (χ1) is 9.22. The fourth-order valence-electron chi connectivity index (χ4n) is 2.15. The van der Waals surface area contributed by atoms with Crippen molar-refractivity contribution in [2.24, 2.45) is 0 Å². The molecule has 1 aromatic rings. The number of carbonyl (C=O) groups excluding carboxylic acids is 1. The van der Waals surface area contributed by atoms with Crippen molar-refractivity contribution in [2.75, 3.05) is 7.11 Å². The highest BCUT2D eigenvalue weighted by Gasteiger charge is 2.16. The quantitative estimate of drug-likeness (QED) is 0.696. The van der Waals surface area contributed by atoms with E-state index in [2.05, 4.69) is 19.2 Å². The molecule has 108 valence electrons. The molecule has 1 N–H and O–H groups in total. The Morgan fingerprint density at radius 2 is 2.16 bits per heavy atom. The van der Waals surface area contributed by atoms with Crippen molar-refractivity contribution in [1.29, 1.82) is 0 Å². The number of esters is 1. The number of methoxy groups -OCH3 is 1. The molecule has 1 atom stereocenters. The van der Waals surface area contributed by atoms with Gasteiger partial charge in [0, 0.05) is 18.2 Å². The van der Waals surface area contributed by atoms with Gasteiger partial charge in [-0.05, 0) is 18.9 Å². The van der Waals surface area contributed by atoms with Gasteiger partial charge in [0.1, 0.15) is 0 Å².